The molecule has 2 aromatic carbocycles. The smallest absolute Gasteiger partial charge is 0.253 e. The van der Waals surface area contributed by atoms with E-state index in [1.54, 1.807) is 0 Å². The Bertz CT molecular complexity index is 586. The zero-order valence-corrected chi connectivity index (χ0v) is 11.3. The molecule has 0 aromatic heterocycles. The topological polar surface area (TPSA) is 46.3 Å². The number of carbonyl (C=O) groups excluding carboxylic acids is 1. The van der Waals surface area contributed by atoms with Crippen molar-refractivity contribution < 1.29 is 4.79 Å². The van der Waals surface area contributed by atoms with Crippen LogP contribution in [-0.2, 0) is 6.54 Å². The lowest BCUT2D eigenvalue weighted by Gasteiger charge is -2.39. The maximum absolute atomic E-state index is 12.3. The highest BCUT2D eigenvalue weighted by Crippen LogP contribution is 2.28. The second-order valence-electron chi connectivity index (χ2n) is 5.22. The van der Waals surface area contributed by atoms with E-state index in [0.29, 0.717) is 12.5 Å². The van der Waals surface area contributed by atoms with E-state index in [9.17, 15) is 4.79 Å². The summed E-state index contributed by atoms with van der Waals surface area (Å²) in [6.45, 7) is 2.12. The third-order valence-electron chi connectivity index (χ3n) is 3.88. The lowest BCUT2D eigenvalue weighted by molar-refractivity contribution is 0.0602. The molecule has 1 fully saturated rings. The number of nitrogens with two attached hydrogens (primary N) is 1. The number of amides is 1. The van der Waals surface area contributed by atoms with Crippen molar-refractivity contribution in [1.82, 2.24) is 4.90 Å². The molecule has 1 saturated heterocycles. The van der Waals surface area contributed by atoms with Crippen molar-refractivity contribution >= 4 is 5.91 Å². The van der Waals surface area contributed by atoms with Gasteiger partial charge in [0.05, 0.1) is 0 Å². The first-order valence-corrected chi connectivity index (χ1v) is 6.91. The van der Waals surface area contributed by atoms with E-state index in [1.807, 2.05) is 47.4 Å². The van der Waals surface area contributed by atoms with Crippen molar-refractivity contribution in [2.75, 3.05) is 13.1 Å². The van der Waals surface area contributed by atoms with Crippen LogP contribution in [0.4, 0.5) is 0 Å². The van der Waals surface area contributed by atoms with Crippen LogP contribution in [-0.4, -0.2) is 23.9 Å². The highest BCUT2D eigenvalue weighted by Gasteiger charge is 2.31. The van der Waals surface area contributed by atoms with Crippen LogP contribution in [0.25, 0.3) is 0 Å². The number of nitrogens with zero attached hydrogens (tertiary/aromatic N) is 1. The van der Waals surface area contributed by atoms with Gasteiger partial charge >= 0.3 is 0 Å². The fraction of sp³-hybridized carbons (Fsp3) is 0.235. The summed E-state index contributed by atoms with van der Waals surface area (Å²) in [4.78, 5) is 14.2. The van der Waals surface area contributed by atoms with Crippen LogP contribution in [0.3, 0.4) is 0 Å². The number of rotatable bonds is 3. The lowest BCUT2D eigenvalue weighted by atomic mass is 9.91. The van der Waals surface area contributed by atoms with E-state index in [-0.39, 0.29) is 5.91 Å². The first kappa shape index (κ1) is 12.9. The van der Waals surface area contributed by atoms with Gasteiger partial charge in [-0.1, -0.05) is 42.5 Å². The van der Waals surface area contributed by atoms with Gasteiger partial charge in [0, 0.05) is 31.1 Å². The van der Waals surface area contributed by atoms with E-state index in [4.69, 9.17) is 5.73 Å². The Balaban J connectivity index is 1.63. The largest absolute Gasteiger partial charge is 0.337 e. The molecule has 2 aromatic rings. The Morgan fingerprint density at radius 1 is 1.05 bits per heavy atom. The number of benzene rings is 2. The van der Waals surface area contributed by atoms with Gasteiger partial charge < -0.3 is 10.6 Å². The van der Waals surface area contributed by atoms with Crippen molar-refractivity contribution in [2.24, 2.45) is 5.73 Å². The molecule has 1 aliphatic rings. The Hall–Kier alpha value is -2.13. The van der Waals surface area contributed by atoms with Crippen molar-refractivity contribution in [1.29, 1.82) is 0 Å². The van der Waals surface area contributed by atoms with Crippen molar-refractivity contribution in [2.45, 2.75) is 12.5 Å². The third-order valence-corrected chi connectivity index (χ3v) is 3.88. The van der Waals surface area contributed by atoms with Gasteiger partial charge in [-0.3, -0.25) is 4.79 Å². The summed E-state index contributed by atoms with van der Waals surface area (Å²) in [5, 5.41) is 0. The molecule has 1 amide bonds. The van der Waals surface area contributed by atoms with Crippen LogP contribution in [0.5, 0.6) is 0 Å². The fourth-order valence-electron chi connectivity index (χ4n) is 2.55. The van der Waals surface area contributed by atoms with E-state index in [2.05, 4.69) is 12.1 Å². The highest BCUT2D eigenvalue weighted by molar-refractivity contribution is 5.94. The standard InChI is InChI=1S/C17H18N2O/c18-10-13-6-8-15(9-7-13)17(20)19-11-16(12-19)14-4-2-1-3-5-14/h1-9,16H,10-12,18H2. The molecular formula is C17H18N2O. The molecule has 1 heterocycles. The Labute approximate surface area is 119 Å². The van der Waals surface area contributed by atoms with Gasteiger partial charge in [-0.15, -0.1) is 0 Å². The zero-order chi connectivity index (χ0) is 13.9. The number of carbonyl (C=O) groups is 1. The van der Waals surface area contributed by atoms with Crippen LogP contribution in [0.1, 0.15) is 27.4 Å². The first-order chi connectivity index (χ1) is 9.78. The number of hydrogen-bond donors (Lipinski definition) is 1. The summed E-state index contributed by atoms with van der Waals surface area (Å²) in [6.07, 6.45) is 0. The van der Waals surface area contributed by atoms with Gasteiger partial charge in [0.25, 0.3) is 5.91 Å². The van der Waals surface area contributed by atoms with Gasteiger partial charge in [-0.25, -0.2) is 0 Å². The predicted molar refractivity (Wildman–Crippen MR) is 79.4 cm³/mol. The molecule has 1 aliphatic heterocycles. The average Bonchev–Trinajstić information content (AvgIpc) is 2.47. The van der Waals surface area contributed by atoms with Gasteiger partial charge in [0.15, 0.2) is 0 Å². The Morgan fingerprint density at radius 2 is 1.70 bits per heavy atom. The fourth-order valence-corrected chi connectivity index (χ4v) is 2.55. The summed E-state index contributed by atoms with van der Waals surface area (Å²) < 4.78 is 0. The molecule has 0 atom stereocenters. The minimum atomic E-state index is 0.112. The van der Waals surface area contributed by atoms with Crippen molar-refractivity contribution in [3.63, 3.8) is 0 Å². The van der Waals surface area contributed by atoms with Crippen molar-refractivity contribution in [3.8, 4) is 0 Å². The van der Waals surface area contributed by atoms with E-state index in [0.717, 1.165) is 24.2 Å². The third kappa shape index (κ3) is 2.45. The maximum Gasteiger partial charge on any atom is 0.253 e. The van der Waals surface area contributed by atoms with E-state index in [1.165, 1.54) is 5.56 Å². The molecule has 2 N–H and O–H groups in total. The van der Waals surface area contributed by atoms with Crippen LogP contribution in [0.15, 0.2) is 54.6 Å². The van der Waals surface area contributed by atoms with Crippen LogP contribution >= 0.6 is 0 Å². The van der Waals surface area contributed by atoms with Crippen LogP contribution in [0.2, 0.25) is 0 Å². The summed E-state index contributed by atoms with van der Waals surface area (Å²) in [5.41, 5.74) is 8.67. The highest BCUT2D eigenvalue weighted by atomic mass is 16.2. The van der Waals surface area contributed by atoms with Gasteiger partial charge in [-0.2, -0.15) is 0 Å². The number of likely N-dealkylation sites (tertiary alicyclic amines) is 1. The summed E-state index contributed by atoms with van der Waals surface area (Å²) in [7, 11) is 0. The second-order valence-corrected chi connectivity index (χ2v) is 5.22. The minimum absolute atomic E-state index is 0.112. The van der Waals surface area contributed by atoms with Crippen LogP contribution < -0.4 is 5.73 Å². The zero-order valence-electron chi connectivity index (χ0n) is 11.3. The molecule has 102 valence electrons. The van der Waals surface area contributed by atoms with Gasteiger partial charge in [-0.05, 0) is 23.3 Å². The quantitative estimate of drug-likeness (QED) is 0.927. The molecule has 0 bridgehead atoms. The SMILES string of the molecule is NCc1ccc(C(=O)N2CC(c3ccccc3)C2)cc1. The second kappa shape index (κ2) is 5.47. The van der Waals surface area contributed by atoms with Gasteiger partial charge in [0.1, 0.15) is 0 Å². The molecule has 0 radical (unpaired) electrons. The summed E-state index contributed by atoms with van der Waals surface area (Å²) >= 11 is 0. The normalized spacial score (nSPS) is 14.9. The molecule has 20 heavy (non-hydrogen) atoms. The minimum Gasteiger partial charge on any atom is -0.337 e. The summed E-state index contributed by atoms with van der Waals surface area (Å²) in [5.74, 6) is 0.587. The molecule has 3 nitrogen and oxygen atoms in total. The molecule has 3 rings (SSSR count). The molecule has 3 heteroatoms. The monoisotopic (exact) mass is 266 g/mol. The summed E-state index contributed by atoms with van der Waals surface area (Å²) in [6, 6.07) is 17.9. The Kier molecular flexibility index (Phi) is 3.52. The first-order valence-electron chi connectivity index (χ1n) is 6.91. The molecule has 0 unspecified atom stereocenters. The number of hydrogen-bond acceptors (Lipinski definition) is 2. The Morgan fingerprint density at radius 3 is 2.30 bits per heavy atom. The average molecular weight is 266 g/mol. The van der Waals surface area contributed by atoms with E-state index < -0.39 is 0 Å². The predicted octanol–water partition coefficient (Wildman–Crippen LogP) is 2.38. The van der Waals surface area contributed by atoms with Gasteiger partial charge in [0.2, 0.25) is 0 Å². The molecule has 0 saturated carbocycles. The molecule has 0 spiro atoms. The maximum atomic E-state index is 12.3. The molecular weight excluding hydrogens is 248 g/mol. The lowest BCUT2D eigenvalue weighted by Crippen LogP contribution is -2.48. The van der Waals surface area contributed by atoms with Crippen molar-refractivity contribution in [3.05, 3.63) is 71.3 Å². The van der Waals surface area contributed by atoms with E-state index >= 15 is 0 Å². The molecule has 0 aliphatic carbocycles. The van der Waals surface area contributed by atoms with Crippen LogP contribution in [0, 0.1) is 0 Å².